The van der Waals surface area contributed by atoms with E-state index in [-0.39, 0.29) is 29.5 Å². The molecule has 3 saturated heterocycles. The lowest BCUT2D eigenvalue weighted by atomic mass is 9.76. The van der Waals surface area contributed by atoms with E-state index >= 15 is 0 Å². The molecule has 3 aliphatic heterocycles. The van der Waals surface area contributed by atoms with Crippen LogP contribution >= 0.6 is 24.0 Å². The smallest absolute Gasteiger partial charge is 0.193 e. The monoisotopic (exact) mass is 508 g/mol. The van der Waals surface area contributed by atoms with Crippen LogP contribution in [0.15, 0.2) is 4.99 Å². The van der Waals surface area contributed by atoms with Crippen molar-refractivity contribution < 1.29 is 9.47 Å². The topological polar surface area (TPSA) is 49.3 Å². The highest BCUT2D eigenvalue weighted by molar-refractivity contribution is 14.0. The molecular formula is C21H41IN4O2. The molecule has 6 nitrogen and oxygen atoms in total. The van der Waals surface area contributed by atoms with Crippen LogP contribution in [0.1, 0.15) is 52.4 Å². The molecular weight excluding hydrogens is 467 g/mol. The van der Waals surface area contributed by atoms with Crippen LogP contribution in [0.3, 0.4) is 0 Å². The SMILES string of the molecule is CN=C(NCC(C)(C)N1CCC(OC)CC1)N1CCCC2(CCCOC2)C1.I. The van der Waals surface area contributed by atoms with Crippen molar-refractivity contribution >= 4 is 29.9 Å². The van der Waals surface area contributed by atoms with Gasteiger partial charge in [-0.25, -0.2) is 0 Å². The van der Waals surface area contributed by atoms with Crippen LogP contribution in [-0.2, 0) is 9.47 Å². The Morgan fingerprint density at radius 3 is 2.54 bits per heavy atom. The van der Waals surface area contributed by atoms with Gasteiger partial charge in [-0.3, -0.25) is 9.89 Å². The van der Waals surface area contributed by atoms with Crippen molar-refractivity contribution in [1.29, 1.82) is 0 Å². The molecule has 1 spiro atoms. The van der Waals surface area contributed by atoms with Crippen LogP contribution < -0.4 is 5.32 Å². The number of hydrogen-bond donors (Lipinski definition) is 1. The molecule has 0 aromatic rings. The van der Waals surface area contributed by atoms with Crippen LogP contribution in [0.2, 0.25) is 0 Å². The van der Waals surface area contributed by atoms with E-state index in [0.717, 1.165) is 64.7 Å². The minimum Gasteiger partial charge on any atom is -0.381 e. The van der Waals surface area contributed by atoms with E-state index in [9.17, 15) is 0 Å². The van der Waals surface area contributed by atoms with Gasteiger partial charge in [-0.2, -0.15) is 0 Å². The molecule has 3 aliphatic rings. The Labute approximate surface area is 188 Å². The molecule has 7 heteroatoms. The third-order valence-corrected chi connectivity index (χ3v) is 6.89. The average molecular weight is 508 g/mol. The van der Waals surface area contributed by atoms with Gasteiger partial charge in [0.05, 0.1) is 12.7 Å². The minimum absolute atomic E-state index is 0. The average Bonchev–Trinajstić information content (AvgIpc) is 2.69. The number of nitrogens with zero attached hydrogens (tertiary/aromatic N) is 3. The van der Waals surface area contributed by atoms with Crippen molar-refractivity contribution in [2.45, 2.75) is 64.0 Å². The molecule has 0 saturated carbocycles. The molecule has 1 N–H and O–H groups in total. The van der Waals surface area contributed by atoms with Crippen molar-refractivity contribution in [1.82, 2.24) is 15.1 Å². The lowest BCUT2D eigenvalue weighted by Gasteiger charge is -2.47. The molecule has 1 atom stereocenters. The Hall–Kier alpha value is -0.120. The molecule has 3 fully saturated rings. The van der Waals surface area contributed by atoms with Gasteiger partial charge >= 0.3 is 0 Å². The number of methoxy groups -OCH3 is 1. The normalized spacial score (nSPS) is 28.3. The predicted octanol–water partition coefficient (Wildman–Crippen LogP) is 2.96. The standard InChI is InChI=1S/C21H40N4O2.HI/c1-20(2,25-12-7-18(26-4)8-13-25)15-23-19(22-3)24-11-5-9-21(16-24)10-6-14-27-17-21;/h18H,5-17H2,1-4H3,(H,22,23);1H. The predicted molar refractivity (Wildman–Crippen MR) is 126 cm³/mol. The Balaban J connectivity index is 0.00000280. The highest BCUT2D eigenvalue weighted by atomic mass is 127. The maximum Gasteiger partial charge on any atom is 0.193 e. The van der Waals surface area contributed by atoms with E-state index in [1.165, 1.54) is 25.7 Å². The zero-order valence-corrected chi connectivity index (χ0v) is 20.7. The zero-order chi connectivity index (χ0) is 19.3. The molecule has 1 unspecified atom stereocenters. The number of hydrogen-bond acceptors (Lipinski definition) is 4. The molecule has 164 valence electrons. The van der Waals surface area contributed by atoms with Crippen molar-refractivity contribution in [2.75, 3.05) is 60.1 Å². The second-order valence-electron chi connectivity index (χ2n) is 9.32. The highest BCUT2D eigenvalue weighted by Crippen LogP contribution is 2.37. The van der Waals surface area contributed by atoms with Crippen LogP contribution in [0.25, 0.3) is 0 Å². The summed E-state index contributed by atoms with van der Waals surface area (Å²) < 4.78 is 11.4. The summed E-state index contributed by atoms with van der Waals surface area (Å²) in [5, 5.41) is 3.69. The van der Waals surface area contributed by atoms with Crippen LogP contribution in [-0.4, -0.2) is 87.5 Å². The van der Waals surface area contributed by atoms with Gasteiger partial charge in [0.2, 0.25) is 0 Å². The number of rotatable bonds is 4. The Morgan fingerprint density at radius 2 is 1.93 bits per heavy atom. The summed E-state index contributed by atoms with van der Waals surface area (Å²) in [5.41, 5.74) is 0.446. The first-order valence-electron chi connectivity index (χ1n) is 10.8. The molecule has 0 bridgehead atoms. The number of nitrogens with one attached hydrogen (secondary N) is 1. The van der Waals surface area contributed by atoms with Gasteiger partial charge in [0, 0.05) is 64.4 Å². The lowest BCUT2D eigenvalue weighted by Crippen LogP contribution is -2.58. The van der Waals surface area contributed by atoms with Gasteiger partial charge in [0.1, 0.15) is 0 Å². The van der Waals surface area contributed by atoms with Gasteiger partial charge < -0.3 is 19.7 Å². The molecule has 0 aliphatic carbocycles. The van der Waals surface area contributed by atoms with Crippen molar-refractivity contribution in [3.8, 4) is 0 Å². The summed E-state index contributed by atoms with van der Waals surface area (Å²) in [7, 11) is 3.75. The summed E-state index contributed by atoms with van der Waals surface area (Å²) in [6.07, 6.45) is 7.70. The summed E-state index contributed by atoms with van der Waals surface area (Å²) in [6, 6.07) is 0. The van der Waals surface area contributed by atoms with Gasteiger partial charge in [-0.15, -0.1) is 24.0 Å². The van der Waals surface area contributed by atoms with Gasteiger partial charge in [0.25, 0.3) is 0 Å². The van der Waals surface area contributed by atoms with Crippen LogP contribution in [0.5, 0.6) is 0 Å². The quantitative estimate of drug-likeness (QED) is 0.360. The number of aliphatic imine (C=N–C) groups is 1. The van der Waals surface area contributed by atoms with Crippen molar-refractivity contribution in [2.24, 2.45) is 10.4 Å². The van der Waals surface area contributed by atoms with E-state index in [2.05, 4.69) is 34.0 Å². The van der Waals surface area contributed by atoms with Crippen LogP contribution in [0.4, 0.5) is 0 Å². The largest absolute Gasteiger partial charge is 0.381 e. The van der Waals surface area contributed by atoms with Gasteiger partial charge in [-0.05, 0) is 52.4 Å². The van der Waals surface area contributed by atoms with Gasteiger partial charge in [0.15, 0.2) is 5.96 Å². The Kier molecular flexibility index (Phi) is 9.29. The first-order valence-corrected chi connectivity index (χ1v) is 10.8. The van der Waals surface area contributed by atoms with Gasteiger partial charge in [-0.1, -0.05) is 0 Å². The summed E-state index contributed by atoms with van der Waals surface area (Å²) in [5.74, 6) is 1.06. The Bertz CT molecular complexity index is 495. The first kappa shape index (κ1) is 24.2. The number of ether oxygens (including phenoxy) is 2. The Morgan fingerprint density at radius 1 is 1.21 bits per heavy atom. The number of halogens is 1. The first-order chi connectivity index (χ1) is 13.0. The molecule has 0 amide bonds. The van der Waals surface area contributed by atoms with Crippen LogP contribution in [0, 0.1) is 5.41 Å². The number of guanidine groups is 1. The minimum atomic E-state index is 0. The third-order valence-electron chi connectivity index (χ3n) is 6.89. The molecule has 0 aromatic carbocycles. The molecule has 3 heterocycles. The second-order valence-corrected chi connectivity index (χ2v) is 9.32. The van der Waals surface area contributed by atoms with Crippen molar-refractivity contribution in [3.05, 3.63) is 0 Å². The molecule has 0 radical (unpaired) electrons. The summed E-state index contributed by atoms with van der Waals surface area (Å²) in [6.45, 7) is 11.8. The zero-order valence-electron chi connectivity index (χ0n) is 18.3. The van der Waals surface area contributed by atoms with E-state index in [1.54, 1.807) is 0 Å². The molecule has 3 rings (SSSR count). The molecule has 0 aromatic heterocycles. The lowest BCUT2D eigenvalue weighted by molar-refractivity contribution is -0.0372. The van der Waals surface area contributed by atoms with E-state index < -0.39 is 0 Å². The van der Waals surface area contributed by atoms with E-state index in [4.69, 9.17) is 9.47 Å². The fraction of sp³-hybridized carbons (Fsp3) is 0.952. The number of piperidine rings is 2. The van der Waals surface area contributed by atoms with Crippen molar-refractivity contribution in [3.63, 3.8) is 0 Å². The third kappa shape index (κ3) is 5.95. The van der Waals surface area contributed by atoms with E-state index in [0.29, 0.717) is 11.5 Å². The maximum atomic E-state index is 5.83. The van der Waals surface area contributed by atoms with E-state index in [1.807, 2.05) is 14.2 Å². The maximum absolute atomic E-state index is 5.83. The highest BCUT2D eigenvalue weighted by Gasteiger charge is 2.38. The summed E-state index contributed by atoms with van der Waals surface area (Å²) in [4.78, 5) is 9.67. The second kappa shape index (κ2) is 10.8. The number of likely N-dealkylation sites (tertiary alicyclic amines) is 2. The fourth-order valence-electron chi connectivity index (χ4n) is 5.06. The fourth-order valence-corrected chi connectivity index (χ4v) is 5.06. The summed E-state index contributed by atoms with van der Waals surface area (Å²) >= 11 is 0. The molecule has 28 heavy (non-hydrogen) atoms.